The van der Waals surface area contributed by atoms with Gasteiger partial charge in [0.2, 0.25) is 11.8 Å². The summed E-state index contributed by atoms with van der Waals surface area (Å²) in [6, 6.07) is 20.5. The van der Waals surface area contributed by atoms with Crippen LogP contribution in [0.1, 0.15) is 23.5 Å². The SMILES string of the molecule is O=C(CN1CC(c2ccccc2)CC1=O)N1CCN(Cc2ccccc2)CC1. The molecule has 146 valence electrons. The molecule has 0 radical (unpaired) electrons. The third-order valence-corrected chi connectivity index (χ3v) is 5.79. The average Bonchev–Trinajstić information content (AvgIpc) is 3.10. The van der Waals surface area contributed by atoms with Crippen LogP contribution in [0.25, 0.3) is 0 Å². The van der Waals surface area contributed by atoms with Crippen LogP contribution in [0.4, 0.5) is 0 Å². The standard InChI is InChI=1S/C23H27N3O2/c27-22-15-21(20-9-5-2-6-10-20)17-26(22)18-23(28)25-13-11-24(12-14-25)16-19-7-3-1-4-8-19/h1-10,21H,11-18H2. The highest BCUT2D eigenvalue weighted by Gasteiger charge is 2.33. The topological polar surface area (TPSA) is 43.9 Å². The highest BCUT2D eigenvalue weighted by Crippen LogP contribution is 2.27. The summed E-state index contributed by atoms with van der Waals surface area (Å²) >= 11 is 0. The molecule has 2 aromatic rings. The molecule has 2 saturated heterocycles. The van der Waals surface area contributed by atoms with Crippen LogP contribution in [0, 0.1) is 0 Å². The van der Waals surface area contributed by atoms with E-state index in [1.54, 1.807) is 4.90 Å². The Labute approximate surface area is 166 Å². The van der Waals surface area contributed by atoms with E-state index in [1.165, 1.54) is 11.1 Å². The summed E-state index contributed by atoms with van der Waals surface area (Å²) in [5, 5.41) is 0. The van der Waals surface area contributed by atoms with Crippen molar-refractivity contribution in [2.45, 2.75) is 18.9 Å². The lowest BCUT2D eigenvalue weighted by Gasteiger charge is -2.35. The van der Waals surface area contributed by atoms with Crippen LogP contribution in [0.15, 0.2) is 60.7 Å². The Morgan fingerprint density at radius 1 is 0.893 bits per heavy atom. The Morgan fingerprint density at radius 2 is 1.54 bits per heavy atom. The maximum atomic E-state index is 12.7. The van der Waals surface area contributed by atoms with Crippen LogP contribution in [0.5, 0.6) is 0 Å². The van der Waals surface area contributed by atoms with Gasteiger partial charge in [-0.1, -0.05) is 60.7 Å². The molecule has 5 heteroatoms. The van der Waals surface area contributed by atoms with Gasteiger partial charge in [-0.15, -0.1) is 0 Å². The summed E-state index contributed by atoms with van der Waals surface area (Å²) in [4.78, 5) is 31.1. The van der Waals surface area contributed by atoms with Crippen molar-refractivity contribution in [3.63, 3.8) is 0 Å². The number of amides is 2. The number of piperazine rings is 1. The third-order valence-electron chi connectivity index (χ3n) is 5.79. The van der Waals surface area contributed by atoms with Crippen molar-refractivity contribution in [3.05, 3.63) is 71.8 Å². The number of hydrogen-bond acceptors (Lipinski definition) is 3. The summed E-state index contributed by atoms with van der Waals surface area (Å²) in [7, 11) is 0. The molecule has 2 aliphatic heterocycles. The predicted molar refractivity (Wildman–Crippen MR) is 109 cm³/mol. The van der Waals surface area contributed by atoms with Gasteiger partial charge in [0.25, 0.3) is 0 Å². The second kappa shape index (κ2) is 8.57. The first kappa shape index (κ1) is 18.7. The average molecular weight is 377 g/mol. The maximum absolute atomic E-state index is 12.7. The van der Waals surface area contributed by atoms with E-state index < -0.39 is 0 Å². The fraction of sp³-hybridized carbons (Fsp3) is 0.391. The van der Waals surface area contributed by atoms with Crippen LogP contribution in [0.3, 0.4) is 0 Å². The zero-order valence-electron chi connectivity index (χ0n) is 16.2. The van der Waals surface area contributed by atoms with Crippen LogP contribution in [-0.2, 0) is 16.1 Å². The van der Waals surface area contributed by atoms with Crippen LogP contribution in [-0.4, -0.2) is 65.8 Å². The molecule has 0 aromatic heterocycles. The first-order valence-electron chi connectivity index (χ1n) is 10.1. The number of carbonyl (C=O) groups excluding carboxylic acids is 2. The number of carbonyl (C=O) groups is 2. The normalized spacial score (nSPS) is 20.6. The zero-order valence-corrected chi connectivity index (χ0v) is 16.2. The summed E-state index contributed by atoms with van der Waals surface area (Å²) in [6.07, 6.45) is 0.502. The van der Waals surface area contributed by atoms with E-state index in [0.717, 1.165) is 32.7 Å². The molecule has 2 heterocycles. The van der Waals surface area contributed by atoms with Gasteiger partial charge >= 0.3 is 0 Å². The molecule has 1 unspecified atom stereocenters. The lowest BCUT2D eigenvalue weighted by atomic mass is 9.99. The van der Waals surface area contributed by atoms with Gasteiger partial charge in [-0.3, -0.25) is 14.5 Å². The Hall–Kier alpha value is -2.66. The zero-order chi connectivity index (χ0) is 19.3. The van der Waals surface area contributed by atoms with Gasteiger partial charge < -0.3 is 9.80 Å². The molecule has 0 spiro atoms. The van der Waals surface area contributed by atoms with Crippen LogP contribution >= 0.6 is 0 Å². The van der Waals surface area contributed by atoms with Gasteiger partial charge in [0, 0.05) is 51.6 Å². The molecule has 4 rings (SSSR count). The second-order valence-electron chi connectivity index (χ2n) is 7.73. The maximum Gasteiger partial charge on any atom is 0.242 e. The molecule has 2 amide bonds. The molecule has 0 aliphatic carbocycles. The Kier molecular flexibility index (Phi) is 5.72. The van der Waals surface area contributed by atoms with E-state index >= 15 is 0 Å². The fourth-order valence-electron chi connectivity index (χ4n) is 4.13. The van der Waals surface area contributed by atoms with Crippen molar-refractivity contribution in [1.82, 2.24) is 14.7 Å². The van der Waals surface area contributed by atoms with E-state index in [0.29, 0.717) is 13.0 Å². The number of benzene rings is 2. The molecular weight excluding hydrogens is 350 g/mol. The van der Waals surface area contributed by atoms with Gasteiger partial charge in [0.15, 0.2) is 0 Å². The Morgan fingerprint density at radius 3 is 2.21 bits per heavy atom. The first-order chi connectivity index (χ1) is 13.7. The summed E-state index contributed by atoms with van der Waals surface area (Å²) in [5.41, 5.74) is 2.48. The summed E-state index contributed by atoms with van der Waals surface area (Å²) < 4.78 is 0. The van der Waals surface area contributed by atoms with E-state index in [4.69, 9.17) is 0 Å². The molecule has 28 heavy (non-hydrogen) atoms. The number of rotatable bonds is 5. The second-order valence-corrected chi connectivity index (χ2v) is 7.73. The fourth-order valence-corrected chi connectivity index (χ4v) is 4.13. The minimum Gasteiger partial charge on any atom is -0.339 e. The molecule has 2 aliphatic rings. The highest BCUT2D eigenvalue weighted by molar-refractivity contribution is 5.86. The minimum absolute atomic E-state index is 0.0708. The van der Waals surface area contributed by atoms with E-state index in [1.807, 2.05) is 29.2 Å². The van der Waals surface area contributed by atoms with E-state index in [-0.39, 0.29) is 24.3 Å². The molecule has 5 nitrogen and oxygen atoms in total. The number of nitrogens with zero attached hydrogens (tertiary/aromatic N) is 3. The Bertz CT molecular complexity index is 801. The molecule has 0 bridgehead atoms. The van der Waals surface area contributed by atoms with Gasteiger partial charge in [-0.2, -0.15) is 0 Å². The monoisotopic (exact) mass is 377 g/mol. The van der Waals surface area contributed by atoms with Gasteiger partial charge in [0.05, 0.1) is 6.54 Å². The van der Waals surface area contributed by atoms with E-state index in [9.17, 15) is 9.59 Å². The summed E-state index contributed by atoms with van der Waals surface area (Å²) in [5.74, 6) is 0.357. The van der Waals surface area contributed by atoms with Crippen molar-refractivity contribution < 1.29 is 9.59 Å². The van der Waals surface area contributed by atoms with Crippen molar-refractivity contribution in [1.29, 1.82) is 0 Å². The number of hydrogen-bond donors (Lipinski definition) is 0. The summed E-state index contributed by atoms with van der Waals surface area (Å²) in [6.45, 7) is 4.99. The van der Waals surface area contributed by atoms with Crippen molar-refractivity contribution >= 4 is 11.8 Å². The highest BCUT2D eigenvalue weighted by atomic mass is 16.2. The lowest BCUT2D eigenvalue weighted by molar-refractivity contribution is -0.139. The molecule has 1 atom stereocenters. The molecule has 0 N–H and O–H groups in total. The molecule has 2 fully saturated rings. The third kappa shape index (κ3) is 4.42. The van der Waals surface area contributed by atoms with E-state index in [2.05, 4.69) is 41.3 Å². The first-order valence-corrected chi connectivity index (χ1v) is 10.1. The van der Waals surface area contributed by atoms with Crippen LogP contribution in [0.2, 0.25) is 0 Å². The quantitative estimate of drug-likeness (QED) is 0.803. The lowest BCUT2D eigenvalue weighted by Crippen LogP contribution is -2.51. The Balaban J connectivity index is 1.26. The van der Waals surface area contributed by atoms with Crippen LogP contribution < -0.4 is 0 Å². The van der Waals surface area contributed by atoms with Gasteiger partial charge in [-0.25, -0.2) is 0 Å². The van der Waals surface area contributed by atoms with Crippen molar-refractivity contribution in [2.75, 3.05) is 39.3 Å². The predicted octanol–water partition coefficient (Wildman–Crippen LogP) is 2.35. The number of likely N-dealkylation sites (tertiary alicyclic amines) is 1. The smallest absolute Gasteiger partial charge is 0.242 e. The van der Waals surface area contributed by atoms with Crippen molar-refractivity contribution in [2.24, 2.45) is 0 Å². The molecular formula is C23H27N3O2. The molecule has 0 saturated carbocycles. The largest absolute Gasteiger partial charge is 0.339 e. The van der Waals surface area contributed by atoms with Crippen molar-refractivity contribution in [3.8, 4) is 0 Å². The minimum atomic E-state index is 0.0708. The molecule has 2 aromatic carbocycles. The van der Waals surface area contributed by atoms with Gasteiger partial charge in [-0.05, 0) is 11.1 Å². The van der Waals surface area contributed by atoms with Gasteiger partial charge in [0.1, 0.15) is 0 Å².